The molecule has 2 fully saturated rings. The smallest absolute Gasteiger partial charge is 0.276 e. The summed E-state index contributed by atoms with van der Waals surface area (Å²) in [6.45, 7) is 3.16. The minimum atomic E-state index is -0.0726. The average molecular weight is 319 g/mol. The molecule has 4 rings (SSSR count). The fraction of sp³-hybridized carbons (Fsp3) is 0.533. The molecule has 2 aromatic rings. The largest absolute Gasteiger partial charge is 0.366 e. The predicted molar refractivity (Wildman–Crippen MR) is 79.6 cm³/mol. The zero-order valence-electron chi connectivity index (χ0n) is 12.3. The maximum atomic E-state index is 12.4. The number of amides is 1. The summed E-state index contributed by atoms with van der Waals surface area (Å²) in [5.41, 5.74) is 0.380. The molecule has 0 N–H and O–H groups in total. The topological polar surface area (TPSA) is 68.5 Å². The second-order valence-electron chi connectivity index (χ2n) is 5.89. The van der Waals surface area contributed by atoms with Gasteiger partial charge in [0.15, 0.2) is 5.69 Å². The number of ether oxygens (including phenoxy) is 1. The first-order valence-electron chi connectivity index (χ1n) is 7.48. The van der Waals surface area contributed by atoms with Crippen molar-refractivity contribution in [2.24, 2.45) is 5.92 Å². The highest BCUT2D eigenvalue weighted by Crippen LogP contribution is 2.41. The summed E-state index contributed by atoms with van der Waals surface area (Å²) in [6, 6.07) is 1.68. The summed E-state index contributed by atoms with van der Waals surface area (Å²) < 4.78 is 11.1. The fourth-order valence-electron chi connectivity index (χ4n) is 3.30. The minimum absolute atomic E-state index is 0.0726. The van der Waals surface area contributed by atoms with E-state index in [1.165, 1.54) is 0 Å². The van der Waals surface area contributed by atoms with E-state index in [0.717, 1.165) is 24.4 Å². The predicted octanol–water partition coefficient (Wildman–Crippen LogP) is 2.43. The molecule has 22 heavy (non-hydrogen) atoms. The van der Waals surface area contributed by atoms with E-state index in [4.69, 9.17) is 9.26 Å². The van der Waals surface area contributed by atoms with Crippen molar-refractivity contribution in [1.82, 2.24) is 15.0 Å². The number of carbonyl (C=O) groups excluding carboxylic acids is 1. The van der Waals surface area contributed by atoms with E-state index in [0.29, 0.717) is 23.9 Å². The second-order valence-corrected chi connectivity index (χ2v) is 6.82. The Bertz CT molecular complexity index is 669. The van der Waals surface area contributed by atoms with Gasteiger partial charge in [0, 0.05) is 30.7 Å². The third-order valence-electron chi connectivity index (χ3n) is 4.41. The molecular weight excluding hydrogens is 302 g/mol. The molecule has 1 amide bonds. The van der Waals surface area contributed by atoms with Crippen LogP contribution in [0, 0.1) is 12.8 Å². The van der Waals surface area contributed by atoms with E-state index in [-0.39, 0.29) is 18.1 Å². The first kappa shape index (κ1) is 13.9. The van der Waals surface area contributed by atoms with E-state index in [2.05, 4.69) is 10.1 Å². The first-order chi connectivity index (χ1) is 10.7. The van der Waals surface area contributed by atoms with Crippen LogP contribution in [0.3, 0.4) is 0 Å². The number of hydrogen-bond acceptors (Lipinski definition) is 6. The molecule has 2 aromatic heterocycles. The highest BCUT2D eigenvalue weighted by molar-refractivity contribution is 7.09. The van der Waals surface area contributed by atoms with E-state index in [1.807, 2.05) is 16.5 Å². The third-order valence-corrected chi connectivity index (χ3v) is 5.28. The average Bonchev–Trinajstić information content (AvgIpc) is 3.25. The molecule has 0 aliphatic carbocycles. The van der Waals surface area contributed by atoms with Gasteiger partial charge in [-0.15, -0.1) is 11.3 Å². The van der Waals surface area contributed by atoms with E-state index >= 15 is 0 Å². The molecule has 2 saturated heterocycles. The van der Waals surface area contributed by atoms with Crippen LogP contribution >= 0.6 is 11.3 Å². The molecule has 4 heterocycles. The lowest BCUT2D eigenvalue weighted by Gasteiger charge is -2.33. The Hall–Kier alpha value is -1.73. The SMILES string of the molecule is Cc1cc(C(=O)N2CC[C@@H]3C[C@@H](c4nccs4)O[C@H]3C2)no1. The number of nitrogens with zero attached hydrogens (tertiary/aromatic N) is 3. The van der Waals surface area contributed by atoms with Crippen molar-refractivity contribution in [1.29, 1.82) is 0 Å². The standard InChI is InChI=1S/C15H17N3O3S/c1-9-6-11(17-21-9)15(19)18-4-2-10-7-12(20-13(10)8-18)14-16-3-5-22-14/h3,5-6,10,12-13H,2,4,7-8H2,1H3/t10-,12+,13+/m1/s1. The molecule has 3 atom stereocenters. The third kappa shape index (κ3) is 2.44. The highest BCUT2D eigenvalue weighted by Gasteiger charge is 2.41. The number of likely N-dealkylation sites (tertiary alicyclic amines) is 1. The Morgan fingerprint density at radius 1 is 1.50 bits per heavy atom. The van der Waals surface area contributed by atoms with Crippen molar-refractivity contribution < 1.29 is 14.1 Å². The number of aromatic nitrogens is 2. The number of carbonyl (C=O) groups is 1. The van der Waals surface area contributed by atoms with E-state index in [9.17, 15) is 4.79 Å². The summed E-state index contributed by atoms with van der Waals surface area (Å²) in [6.07, 6.45) is 3.96. The van der Waals surface area contributed by atoms with Crippen LogP contribution in [0.1, 0.15) is 40.2 Å². The van der Waals surface area contributed by atoms with Crippen LogP contribution in [0.2, 0.25) is 0 Å². The van der Waals surface area contributed by atoms with Gasteiger partial charge < -0.3 is 14.2 Å². The summed E-state index contributed by atoms with van der Waals surface area (Å²) in [4.78, 5) is 18.6. The van der Waals surface area contributed by atoms with Crippen LogP contribution in [0.25, 0.3) is 0 Å². The van der Waals surface area contributed by atoms with Gasteiger partial charge in [-0.25, -0.2) is 4.98 Å². The second kappa shape index (κ2) is 5.48. The summed E-state index contributed by atoms with van der Waals surface area (Å²) in [5.74, 6) is 1.09. The normalized spacial score (nSPS) is 27.9. The van der Waals surface area contributed by atoms with Crippen LogP contribution in [0.5, 0.6) is 0 Å². The number of fused-ring (bicyclic) bond motifs is 1. The van der Waals surface area contributed by atoms with E-state index in [1.54, 1.807) is 24.3 Å². The lowest BCUT2D eigenvalue weighted by molar-refractivity contribution is -0.00474. The van der Waals surface area contributed by atoms with Gasteiger partial charge in [-0.2, -0.15) is 0 Å². The van der Waals surface area contributed by atoms with Crippen LogP contribution < -0.4 is 0 Å². The molecule has 2 aliphatic heterocycles. The Morgan fingerprint density at radius 2 is 2.41 bits per heavy atom. The van der Waals surface area contributed by atoms with Gasteiger partial charge in [0.2, 0.25) is 0 Å². The zero-order chi connectivity index (χ0) is 15.1. The molecule has 0 spiro atoms. The van der Waals surface area contributed by atoms with Crippen LogP contribution in [0.4, 0.5) is 0 Å². The summed E-state index contributed by atoms with van der Waals surface area (Å²) in [5, 5.41) is 6.83. The highest BCUT2D eigenvalue weighted by atomic mass is 32.1. The monoisotopic (exact) mass is 319 g/mol. The molecule has 116 valence electrons. The number of piperidine rings is 1. The molecule has 0 radical (unpaired) electrons. The van der Waals surface area contributed by atoms with Crippen molar-refractivity contribution in [3.05, 3.63) is 34.1 Å². The van der Waals surface area contributed by atoms with Gasteiger partial charge in [0.25, 0.3) is 5.91 Å². The quantitative estimate of drug-likeness (QED) is 0.850. The Kier molecular flexibility index (Phi) is 3.46. The number of rotatable bonds is 2. The van der Waals surface area contributed by atoms with Gasteiger partial charge in [-0.3, -0.25) is 4.79 Å². The van der Waals surface area contributed by atoms with Crippen molar-refractivity contribution in [3.8, 4) is 0 Å². The number of thiazole rings is 1. The lowest BCUT2D eigenvalue weighted by Crippen LogP contribution is -2.45. The van der Waals surface area contributed by atoms with Crippen LogP contribution in [-0.4, -0.2) is 40.1 Å². The first-order valence-corrected chi connectivity index (χ1v) is 8.36. The minimum Gasteiger partial charge on any atom is -0.366 e. The number of hydrogen-bond donors (Lipinski definition) is 0. The van der Waals surface area contributed by atoms with Crippen molar-refractivity contribution >= 4 is 17.2 Å². The molecule has 0 saturated carbocycles. The molecule has 0 unspecified atom stereocenters. The molecule has 0 aromatic carbocycles. The number of aryl methyl sites for hydroxylation is 1. The molecule has 6 nitrogen and oxygen atoms in total. The Morgan fingerprint density at radius 3 is 3.14 bits per heavy atom. The van der Waals surface area contributed by atoms with Crippen molar-refractivity contribution in [2.75, 3.05) is 13.1 Å². The van der Waals surface area contributed by atoms with Gasteiger partial charge in [0.05, 0.1) is 6.10 Å². The molecular formula is C15H17N3O3S. The van der Waals surface area contributed by atoms with Gasteiger partial charge in [0.1, 0.15) is 16.9 Å². The lowest BCUT2D eigenvalue weighted by atomic mass is 9.91. The fourth-order valence-corrected chi connectivity index (χ4v) is 3.98. The van der Waals surface area contributed by atoms with Crippen molar-refractivity contribution in [3.63, 3.8) is 0 Å². The molecule has 0 bridgehead atoms. The zero-order valence-corrected chi connectivity index (χ0v) is 13.1. The maximum Gasteiger partial charge on any atom is 0.276 e. The van der Waals surface area contributed by atoms with Crippen LogP contribution in [-0.2, 0) is 4.74 Å². The van der Waals surface area contributed by atoms with Gasteiger partial charge in [-0.05, 0) is 25.7 Å². The van der Waals surface area contributed by atoms with E-state index < -0.39 is 0 Å². The Labute approximate surface area is 132 Å². The Balaban J connectivity index is 1.44. The maximum absolute atomic E-state index is 12.4. The van der Waals surface area contributed by atoms with Crippen LogP contribution in [0.15, 0.2) is 22.2 Å². The summed E-state index contributed by atoms with van der Waals surface area (Å²) >= 11 is 1.63. The summed E-state index contributed by atoms with van der Waals surface area (Å²) in [7, 11) is 0. The van der Waals surface area contributed by atoms with Crippen molar-refractivity contribution in [2.45, 2.75) is 32.0 Å². The van der Waals surface area contributed by atoms with Gasteiger partial charge >= 0.3 is 0 Å². The molecule has 2 aliphatic rings. The van der Waals surface area contributed by atoms with Gasteiger partial charge in [-0.1, -0.05) is 5.16 Å². The molecule has 7 heteroatoms.